The van der Waals surface area contributed by atoms with Crippen molar-refractivity contribution >= 4 is 23.4 Å². The van der Waals surface area contributed by atoms with Crippen LogP contribution in [0.15, 0.2) is 47.1 Å². The fourth-order valence-corrected chi connectivity index (χ4v) is 3.31. The van der Waals surface area contributed by atoms with Gasteiger partial charge in [-0.1, -0.05) is 0 Å². The Morgan fingerprint density at radius 3 is 2.24 bits per heavy atom. The number of hydrogen-bond acceptors (Lipinski definition) is 5. The summed E-state index contributed by atoms with van der Waals surface area (Å²) in [7, 11) is 1.58. The molecule has 154 valence electrons. The molecular formula is C21H25N3O5. The zero-order valence-electron chi connectivity index (χ0n) is 16.7. The van der Waals surface area contributed by atoms with Gasteiger partial charge in [-0.05, 0) is 36.4 Å². The summed E-state index contributed by atoms with van der Waals surface area (Å²) < 4.78 is 10.3. The minimum Gasteiger partial charge on any atom is -0.497 e. The summed E-state index contributed by atoms with van der Waals surface area (Å²) >= 11 is 0. The number of furan rings is 1. The Balaban J connectivity index is 1.51. The maximum absolute atomic E-state index is 12.6. The molecule has 3 amide bonds. The van der Waals surface area contributed by atoms with Crippen LogP contribution in [0.1, 0.15) is 23.9 Å². The van der Waals surface area contributed by atoms with Crippen molar-refractivity contribution in [3.05, 3.63) is 48.4 Å². The van der Waals surface area contributed by atoms with Crippen molar-refractivity contribution in [2.45, 2.75) is 13.3 Å². The highest BCUT2D eigenvalue weighted by atomic mass is 16.5. The Kier molecular flexibility index (Phi) is 6.54. The highest BCUT2D eigenvalue weighted by Gasteiger charge is 2.26. The van der Waals surface area contributed by atoms with Crippen molar-refractivity contribution in [2.75, 3.05) is 44.7 Å². The lowest BCUT2D eigenvalue weighted by atomic mass is 10.2. The third-order valence-corrected chi connectivity index (χ3v) is 4.97. The van der Waals surface area contributed by atoms with Crippen molar-refractivity contribution in [1.29, 1.82) is 0 Å². The van der Waals surface area contributed by atoms with Crippen LogP contribution in [-0.2, 0) is 9.59 Å². The second-order valence-electron chi connectivity index (χ2n) is 6.77. The number of piperazine rings is 1. The first kappa shape index (κ1) is 20.4. The van der Waals surface area contributed by atoms with E-state index < -0.39 is 0 Å². The van der Waals surface area contributed by atoms with Crippen LogP contribution in [0.25, 0.3) is 0 Å². The van der Waals surface area contributed by atoms with E-state index in [1.54, 1.807) is 58.2 Å². The third-order valence-electron chi connectivity index (χ3n) is 4.97. The number of hydrogen-bond donors (Lipinski definition) is 0. The Hall–Kier alpha value is -3.29. The second kappa shape index (κ2) is 9.27. The predicted molar refractivity (Wildman–Crippen MR) is 107 cm³/mol. The Bertz CT molecular complexity index is 840. The number of carbonyl (C=O) groups excluding carboxylic acids is 3. The van der Waals surface area contributed by atoms with E-state index in [4.69, 9.17) is 9.15 Å². The molecule has 1 aliphatic heterocycles. The molecular weight excluding hydrogens is 374 g/mol. The Morgan fingerprint density at radius 2 is 1.69 bits per heavy atom. The van der Waals surface area contributed by atoms with Gasteiger partial charge in [-0.2, -0.15) is 0 Å². The first-order chi connectivity index (χ1) is 14.0. The van der Waals surface area contributed by atoms with Crippen LogP contribution >= 0.6 is 0 Å². The van der Waals surface area contributed by atoms with Crippen LogP contribution in [0.3, 0.4) is 0 Å². The lowest BCUT2D eigenvalue weighted by Gasteiger charge is -2.34. The number of benzene rings is 1. The summed E-state index contributed by atoms with van der Waals surface area (Å²) in [5.74, 6) is 0.688. The molecule has 0 aliphatic carbocycles. The summed E-state index contributed by atoms with van der Waals surface area (Å²) in [6, 6.07) is 10.5. The predicted octanol–water partition coefficient (Wildman–Crippen LogP) is 2.02. The molecule has 1 aliphatic rings. The average molecular weight is 399 g/mol. The quantitative estimate of drug-likeness (QED) is 0.742. The van der Waals surface area contributed by atoms with Crippen molar-refractivity contribution in [1.82, 2.24) is 9.80 Å². The lowest BCUT2D eigenvalue weighted by Crippen LogP contribution is -2.51. The molecule has 2 aromatic rings. The highest BCUT2D eigenvalue weighted by molar-refractivity contribution is 5.93. The van der Waals surface area contributed by atoms with E-state index in [1.807, 2.05) is 0 Å². The van der Waals surface area contributed by atoms with Crippen molar-refractivity contribution in [3.8, 4) is 5.75 Å². The summed E-state index contributed by atoms with van der Waals surface area (Å²) in [6.07, 6.45) is 1.69. The molecule has 1 saturated heterocycles. The minimum atomic E-state index is -0.163. The Labute approximate surface area is 169 Å². The van der Waals surface area contributed by atoms with E-state index in [9.17, 15) is 14.4 Å². The normalized spacial score (nSPS) is 13.9. The SMILES string of the molecule is COc1ccc(N(CCC(=O)N2CCN(C(=O)c3ccco3)CC2)C(C)=O)cc1. The number of anilines is 1. The van der Waals surface area contributed by atoms with Gasteiger partial charge in [0.2, 0.25) is 11.8 Å². The Morgan fingerprint density at radius 1 is 1.03 bits per heavy atom. The van der Waals surface area contributed by atoms with E-state index >= 15 is 0 Å². The van der Waals surface area contributed by atoms with E-state index in [2.05, 4.69) is 0 Å². The lowest BCUT2D eigenvalue weighted by molar-refractivity contribution is -0.132. The number of methoxy groups -OCH3 is 1. The number of nitrogens with zero attached hydrogens (tertiary/aromatic N) is 3. The fraction of sp³-hybridized carbons (Fsp3) is 0.381. The van der Waals surface area contributed by atoms with E-state index in [0.29, 0.717) is 44.2 Å². The van der Waals surface area contributed by atoms with E-state index in [-0.39, 0.29) is 24.1 Å². The van der Waals surface area contributed by atoms with Crippen molar-refractivity contribution in [2.24, 2.45) is 0 Å². The maximum atomic E-state index is 12.6. The number of amides is 3. The van der Waals surface area contributed by atoms with Gasteiger partial charge in [-0.3, -0.25) is 14.4 Å². The van der Waals surface area contributed by atoms with Gasteiger partial charge in [-0.25, -0.2) is 0 Å². The van der Waals surface area contributed by atoms with Gasteiger partial charge in [0.05, 0.1) is 13.4 Å². The smallest absolute Gasteiger partial charge is 0.289 e. The monoisotopic (exact) mass is 399 g/mol. The topological polar surface area (TPSA) is 83.3 Å². The fourth-order valence-electron chi connectivity index (χ4n) is 3.31. The van der Waals surface area contributed by atoms with Crippen LogP contribution in [0.2, 0.25) is 0 Å². The molecule has 29 heavy (non-hydrogen) atoms. The molecule has 1 aromatic carbocycles. The molecule has 0 unspecified atom stereocenters. The van der Waals surface area contributed by atoms with Gasteiger partial charge in [-0.15, -0.1) is 0 Å². The molecule has 1 fully saturated rings. The highest BCUT2D eigenvalue weighted by Crippen LogP contribution is 2.20. The van der Waals surface area contributed by atoms with Crippen LogP contribution in [0.4, 0.5) is 5.69 Å². The molecule has 8 heteroatoms. The van der Waals surface area contributed by atoms with Crippen LogP contribution in [-0.4, -0.2) is 67.4 Å². The minimum absolute atomic E-state index is 0.0325. The molecule has 0 saturated carbocycles. The standard InChI is InChI=1S/C21H25N3O5/c1-16(25)24(17-5-7-18(28-2)8-6-17)10-9-20(26)22-11-13-23(14-12-22)21(27)19-4-3-15-29-19/h3-8,15H,9-14H2,1-2H3. The largest absolute Gasteiger partial charge is 0.497 e. The maximum Gasteiger partial charge on any atom is 0.289 e. The molecule has 3 rings (SSSR count). The molecule has 2 heterocycles. The molecule has 0 atom stereocenters. The summed E-state index contributed by atoms with van der Waals surface area (Å²) in [5, 5.41) is 0. The molecule has 8 nitrogen and oxygen atoms in total. The van der Waals surface area contributed by atoms with Gasteiger partial charge in [0.1, 0.15) is 5.75 Å². The van der Waals surface area contributed by atoms with E-state index in [0.717, 1.165) is 5.69 Å². The third kappa shape index (κ3) is 4.96. The molecule has 0 N–H and O–H groups in total. The number of ether oxygens (including phenoxy) is 1. The van der Waals surface area contributed by atoms with Crippen LogP contribution < -0.4 is 9.64 Å². The van der Waals surface area contributed by atoms with Gasteiger partial charge < -0.3 is 23.9 Å². The molecule has 0 spiro atoms. The average Bonchev–Trinajstić information content (AvgIpc) is 3.28. The van der Waals surface area contributed by atoms with Gasteiger partial charge in [0, 0.05) is 51.8 Å². The second-order valence-corrected chi connectivity index (χ2v) is 6.77. The molecule has 1 aromatic heterocycles. The molecule has 0 bridgehead atoms. The number of rotatable bonds is 6. The first-order valence-electron chi connectivity index (χ1n) is 9.52. The number of carbonyl (C=O) groups is 3. The van der Waals surface area contributed by atoms with E-state index in [1.165, 1.54) is 13.2 Å². The summed E-state index contributed by atoms with van der Waals surface area (Å²) in [6.45, 7) is 3.63. The zero-order chi connectivity index (χ0) is 20.8. The summed E-state index contributed by atoms with van der Waals surface area (Å²) in [5.41, 5.74) is 0.722. The van der Waals surface area contributed by atoms with Gasteiger partial charge in [0.25, 0.3) is 5.91 Å². The summed E-state index contributed by atoms with van der Waals surface area (Å²) in [4.78, 5) is 41.9. The van der Waals surface area contributed by atoms with Gasteiger partial charge in [0.15, 0.2) is 5.76 Å². The molecule has 0 radical (unpaired) electrons. The van der Waals surface area contributed by atoms with Crippen molar-refractivity contribution < 1.29 is 23.5 Å². The first-order valence-corrected chi connectivity index (χ1v) is 9.52. The van der Waals surface area contributed by atoms with Gasteiger partial charge >= 0.3 is 0 Å². The van der Waals surface area contributed by atoms with Crippen LogP contribution in [0, 0.1) is 0 Å². The van der Waals surface area contributed by atoms with Crippen LogP contribution in [0.5, 0.6) is 5.75 Å². The van der Waals surface area contributed by atoms with Crippen molar-refractivity contribution in [3.63, 3.8) is 0 Å². The zero-order valence-corrected chi connectivity index (χ0v) is 16.7.